The number of nitrogens with zero attached hydrogens (tertiary/aromatic N) is 1. The highest BCUT2D eigenvalue weighted by molar-refractivity contribution is 5.98. The summed E-state index contributed by atoms with van der Waals surface area (Å²) in [5.41, 5.74) is 0.627. The zero-order chi connectivity index (χ0) is 15.9. The molecule has 5 nitrogen and oxygen atoms in total. The first-order valence-corrected chi connectivity index (χ1v) is 7.76. The van der Waals surface area contributed by atoms with Gasteiger partial charge in [-0.05, 0) is 44.2 Å². The van der Waals surface area contributed by atoms with Crippen molar-refractivity contribution in [2.45, 2.75) is 31.7 Å². The van der Waals surface area contributed by atoms with Crippen LogP contribution in [-0.2, 0) is 4.79 Å². The molecule has 0 spiro atoms. The van der Waals surface area contributed by atoms with E-state index in [9.17, 15) is 9.59 Å². The topological polar surface area (TPSA) is 58.6 Å². The van der Waals surface area contributed by atoms with Gasteiger partial charge in [0.25, 0.3) is 0 Å². The molecule has 1 amide bonds. The highest BCUT2D eigenvalue weighted by Crippen LogP contribution is 2.15. The Labute approximate surface area is 131 Å². The van der Waals surface area contributed by atoms with Crippen molar-refractivity contribution in [2.75, 3.05) is 27.2 Å². The minimum atomic E-state index is 0.00103. The van der Waals surface area contributed by atoms with Gasteiger partial charge in [0.15, 0.2) is 5.78 Å². The fourth-order valence-electron chi connectivity index (χ4n) is 2.72. The third-order valence-corrected chi connectivity index (χ3v) is 4.23. The number of methoxy groups -OCH3 is 1. The number of rotatable bonds is 6. The first kappa shape index (κ1) is 16.5. The number of ketones is 1. The van der Waals surface area contributed by atoms with Crippen molar-refractivity contribution < 1.29 is 14.3 Å². The van der Waals surface area contributed by atoms with Crippen LogP contribution in [0.25, 0.3) is 0 Å². The maximum absolute atomic E-state index is 12.2. The number of piperidine rings is 1. The molecule has 0 aliphatic carbocycles. The van der Waals surface area contributed by atoms with Crippen LogP contribution < -0.4 is 10.1 Å². The van der Waals surface area contributed by atoms with Gasteiger partial charge in [-0.3, -0.25) is 9.59 Å². The molecule has 0 aromatic heterocycles. The zero-order valence-electron chi connectivity index (χ0n) is 13.3. The van der Waals surface area contributed by atoms with Gasteiger partial charge >= 0.3 is 0 Å². The van der Waals surface area contributed by atoms with E-state index in [0.717, 1.165) is 31.7 Å². The Morgan fingerprint density at radius 1 is 1.18 bits per heavy atom. The van der Waals surface area contributed by atoms with Gasteiger partial charge in [-0.25, -0.2) is 0 Å². The number of ether oxygens (including phenoxy) is 1. The molecule has 1 saturated heterocycles. The SMILES string of the molecule is CNC1CCN(C(=O)CCC(=O)c2ccc(OC)cc2)CC1. The van der Waals surface area contributed by atoms with E-state index >= 15 is 0 Å². The van der Waals surface area contributed by atoms with Crippen LogP contribution in [0.1, 0.15) is 36.0 Å². The molecule has 22 heavy (non-hydrogen) atoms. The molecule has 0 unspecified atom stereocenters. The number of amides is 1. The van der Waals surface area contributed by atoms with E-state index in [1.54, 1.807) is 31.4 Å². The van der Waals surface area contributed by atoms with E-state index in [0.29, 0.717) is 11.6 Å². The van der Waals surface area contributed by atoms with Crippen LogP contribution in [0.4, 0.5) is 0 Å². The van der Waals surface area contributed by atoms with Gasteiger partial charge in [0.1, 0.15) is 5.75 Å². The second-order valence-corrected chi connectivity index (χ2v) is 5.60. The van der Waals surface area contributed by atoms with Crippen molar-refractivity contribution in [3.63, 3.8) is 0 Å². The predicted molar refractivity (Wildman–Crippen MR) is 85.2 cm³/mol. The lowest BCUT2D eigenvalue weighted by Gasteiger charge is -2.31. The van der Waals surface area contributed by atoms with E-state index in [1.165, 1.54) is 0 Å². The molecule has 1 aromatic rings. The second-order valence-electron chi connectivity index (χ2n) is 5.60. The quantitative estimate of drug-likeness (QED) is 0.815. The van der Waals surface area contributed by atoms with Gasteiger partial charge in [0.05, 0.1) is 7.11 Å². The Kier molecular flexibility index (Phi) is 5.95. The van der Waals surface area contributed by atoms with Crippen molar-refractivity contribution in [1.29, 1.82) is 0 Å². The first-order valence-electron chi connectivity index (χ1n) is 7.76. The van der Waals surface area contributed by atoms with E-state index in [-0.39, 0.29) is 24.5 Å². The lowest BCUT2D eigenvalue weighted by Crippen LogP contribution is -2.44. The lowest BCUT2D eigenvalue weighted by atomic mass is 10.0. The number of Topliss-reactive ketones (excluding diaryl/α,β-unsaturated/α-hetero) is 1. The van der Waals surface area contributed by atoms with E-state index in [2.05, 4.69) is 5.32 Å². The molecule has 1 aromatic carbocycles. The molecule has 1 fully saturated rings. The summed E-state index contributed by atoms with van der Waals surface area (Å²) in [6.45, 7) is 1.56. The summed E-state index contributed by atoms with van der Waals surface area (Å²) in [6.07, 6.45) is 2.51. The Morgan fingerprint density at radius 3 is 2.36 bits per heavy atom. The molecule has 0 bridgehead atoms. The number of nitrogens with one attached hydrogen (secondary N) is 1. The van der Waals surface area contributed by atoms with E-state index in [1.807, 2.05) is 11.9 Å². The predicted octanol–water partition coefficient (Wildman–Crippen LogP) is 1.87. The van der Waals surface area contributed by atoms with Gasteiger partial charge in [-0.15, -0.1) is 0 Å². The van der Waals surface area contributed by atoms with Crippen LogP contribution in [0.3, 0.4) is 0 Å². The minimum absolute atomic E-state index is 0.00103. The summed E-state index contributed by atoms with van der Waals surface area (Å²) in [4.78, 5) is 26.1. The Hall–Kier alpha value is -1.88. The molecule has 1 heterocycles. The second kappa shape index (κ2) is 7.94. The highest BCUT2D eigenvalue weighted by atomic mass is 16.5. The van der Waals surface area contributed by atoms with Crippen LogP contribution in [-0.4, -0.2) is 49.9 Å². The molecular formula is C17H24N2O3. The van der Waals surface area contributed by atoms with Crippen molar-refractivity contribution in [3.8, 4) is 5.75 Å². The third-order valence-electron chi connectivity index (χ3n) is 4.23. The number of hydrogen-bond donors (Lipinski definition) is 1. The summed E-state index contributed by atoms with van der Waals surface area (Å²) in [7, 11) is 3.54. The van der Waals surface area contributed by atoms with Crippen molar-refractivity contribution >= 4 is 11.7 Å². The van der Waals surface area contributed by atoms with Gasteiger partial charge < -0.3 is 15.0 Å². The van der Waals surface area contributed by atoms with Crippen LogP contribution >= 0.6 is 0 Å². The Bertz CT molecular complexity index is 505. The standard InChI is InChI=1S/C17H24N2O3/c1-18-14-9-11-19(12-10-14)17(21)8-7-16(20)13-3-5-15(22-2)6-4-13/h3-6,14,18H,7-12H2,1-2H3. The van der Waals surface area contributed by atoms with Crippen LogP contribution in [0, 0.1) is 0 Å². The monoisotopic (exact) mass is 304 g/mol. The minimum Gasteiger partial charge on any atom is -0.497 e. The summed E-state index contributed by atoms with van der Waals surface area (Å²) in [5.74, 6) is 0.803. The fourth-order valence-corrected chi connectivity index (χ4v) is 2.72. The summed E-state index contributed by atoms with van der Waals surface area (Å²) in [5, 5.41) is 3.24. The van der Waals surface area contributed by atoms with E-state index in [4.69, 9.17) is 4.74 Å². The first-order chi connectivity index (χ1) is 10.6. The van der Waals surface area contributed by atoms with Gasteiger partial charge in [-0.1, -0.05) is 0 Å². The molecule has 120 valence electrons. The number of carbonyl (C=O) groups excluding carboxylic acids is 2. The van der Waals surface area contributed by atoms with Crippen LogP contribution in [0.5, 0.6) is 5.75 Å². The normalized spacial score (nSPS) is 15.6. The summed E-state index contributed by atoms with van der Waals surface area (Å²) < 4.78 is 5.07. The number of likely N-dealkylation sites (tertiary alicyclic amines) is 1. The third kappa shape index (κ3) is 4.31. The summed E-state index contributed by atoms with van der Waals surface area (Å²) >= 11 is 0. The smallest absolute Gasteiger partial charge is 0.223 e. The number of benzene rings is 1. The van der Waals surface area contributed by atoms with Gasteiger partial charge in [0, 0.05) is 37.5 Å². The molecular weight excluding hydrogens is 280 g/mol. The molecule has 0 radical (unpaired) electrons. The van der Waals surface area contributed by atoms with Crippen molar-refractivity contribution in [2.24, 2.45) is 0 Å². The van der Waals surface area contributed by atoms with E-state index < -0.39 is 0 Å². The maximum atomic E-state index is 12.2. The molecule has 0 atom stereocenters. The average molecular weight is 304 g/mol. The molecule has 0 saturated carbocycles. The molecule has 1 N–H and O–H groups in total. The average Bonchev–Trinajstić information content (AvgIpc) is 2.59. The number of carbonyl (C=O) groups is 2. The molecule has 5 heteroatoms. The Morgan fingerprint density at radius 2 is 1.82 bits per heavy atom. The maximum Gasteiger partial charge on any atom is 0.223 e. The van der Waals surface area contributed by atoms with Crippen LogP contribution in [0.2, 0.25) is 0 Å². The fraction of sp³-hybridized carbons (Fsp3) is 0.529. The van der Waals surface area contributed by atoms with Crippen molar-refractivity contribution in [1.82, 2.24) is 10.2 Å². The van der Waals surface area contributed by atoms with Crippen LogP contribution in [0.15, 0.2) is 24.3 Å². The largest absolute Gasteiger partial charge is 0.497 e. The molecule has 1 aliphatic rings. The zero-order valence-corrected chi connectivity index (χ0v) is 13.3. The van der Waals surface area contributed by atoms with Crippen molar-refractivity contribution in [3.05, 3.63) is 29.8 Å². The lowest BCUT2D eigenvalue weighted by molar-refractivity contribution is -0.132. The highest BCUT2D eigenvalue weighted by Gasteiger charge is 2.22. The Balaban J connectivity index is 1.79. The van der Waals surface area contributed by atoms with Gasteiger partial charge in [0.2, 0.25) is 5.91 Å². The summed E-state index contributed by atoms with van der Waals surface area (Å²) in [6, 6.07) is 7.51. The number of hydrogen-bond acceptors (Lipinski definition) is 4. The molecule has 2 rings (SSSR count). The molecule has 1 aliphatic heterocycles. The van der Waals surface area contributed by atoms with Gasteiger partial charge in [-0.2, -0.15) is 0 Å².